The summed E-state index contributed by atoms with van der Waals surface area (Å²) >= 11 is 0. The smallest absolute Gasteiger partial charge is 0.481 e. The molecule has 0 fully saturated rings. The molecule has 2 heterocycles. The Morgan fingerprint density at radius 2 is 1.21 bits per heavy atom. The zero-order valence-corrected chi connectivity index (χ0v) is 23.4. The van der Waals surface area contributed by atoms with E-state index in [4.69, 9.17) is 15.2 Å². The molecule has 1 atom stereocenters. The molecule has 3 rings (SSSR count). The van der Waals surface area contributed by atoms with Gasteiger partial charge in [-0.2, -0.15) is 8.78 Å². The average molecular weight is 743 g/mol. The predicted molar refractivity (Wildman–Crippen MR) is 134 cm³/mol. The molecule has 0 saturated carbocycles. The first-order valence-electron chi connectivity index (χ1n) is 10.1. The van der Waals surface area contributed by atoms with Gasteiger partial charge < -0.3 is 22.6 Å². The average Bonchev–Trinajstić information content (AvgIpc) is 2.73. The third-order valence-electron chi connectivity index (χ3n) is 3.95. The summed E-state index contributed by atoms with van der Waals surface area (Å²) in [6.45, 7) is 6.06. The van der Waals surface area contributed by atoms with Gasteiger partial charge in [0.05, 0.1) is 18.1 Å². The van der Waals surface area contributed by atoms with Crippen LogP contribution >= 0.6 is 0 Å². The molecular weight excluding hydrogens is 711 g/mol. The summed E-state index contributed by atoms with van der Waals surface area (Å²) < 4.78 is 23.9. The molecule has 39 heavy (non-hydrogen) atoms. The molecule has 2 aromatic heterocycles. The van der Waals surface area contributed by atoms with Gasteiger partial charge in [-0.3, -0.25) is 34.3 Å². The summed E-state index contributed by atoms with van der Waals surface area (Å²) in [6, 6.07) is 9.18. The Balaban J connectivity index is -0.000000224. The van der Waals surface area contributed by atoms with Crippen molar-refractivity contribution >= 4 is 5.97 Å². The van der Waals surface area contributed by atoms with E-state index in [9.17, 15) is 32.8 Å². The van der Waals surface area contributed by atoms with Crippen LogP contribution in [-0.4, -0.2) is 36.2 Å². The fraction of sp³-hybridized carbons (Fsp3) is 0.286. The van der Waals surface area contributed by atoms with Crippen LogP contribution in [0, 0.1) is 22.7 Å². The number of aliphatic carboxylic acids is 1. The van der Waals surface area contributed by atoms with Crippen molar-refractivity contribution in [2.45, 2.75) is 33.1 Å². The van der Waals surface area contributed by atoms with E-state index in [1.165, 1.54) is 10.9 Å². The van der Waals surface area contributed by atoms with Gasteiger partial charge in [0.25, 0.3) is 11.1 Å². The van der Waals surface area contributed by atoms with Crippen molar-refractivity contribution in [2.24, 2.45) is 11.3 Å². The van der Waals surface area contributed by atoms with Crippen molar-refractivity contribution in [3.63, 3.8) is 0 Å². The maximum atomic E-state index is 12.0. The van der Waals surface area contributed by atoms with Crippen molar-refractivity contribution in [1.82, 2.24) is 32.2 Å². The molecule has 0 bridgehead atoms. The molecular formula is C21H31F2N7O8Pt+4. The molecule has 218 valence electrons. The zero-order valence-electron chi connectivity index (χ0n) is 21.1. The maximum absolute atomic E-state index is 12.0. The minimum atomic E-state index is -0.927. The molecule has 1 aromatic carbocycles. The number of carboxylic acid groups (broad SMARTS) is 1. The molecule has 0 saturated heterocycles. The monoisotopic (exact) mass is 742 g/mol. The van der Waals surface area contributed by atoms with Gasteiger partial charge in [-0.1, -0.05) is 38.1 Å². The summed E-state index contributed by atoms with van der Waals surface area (Å²) in [7, 11) is 0. The van der Waals surface area contributed by atoms with Gasteiger partial charge in [0.15, 0.2) is 5.34 Å². The van der Waals surface area contributed by atoms with Crippen LogP contribution in [0.25, 0.3) is 0 Å². The van der Waals surface area contributed by atoms with Crippen LogP contribution in [0.15, 0.2) is 60.9 Å². The van der Waals surface area contributed by atoms with E-state index in [1.54, 1.807) is 26.9 Å². The normalized spacial score (nSPS) is 9.59. The Morgan fingerprint density at radius 3 is 1.46 bits per heavy atom. The van der Waals surface area contributed by atoms with Crippen LogP contribution < -0.4 is 34.8 Å². The van der Waals surface area contributed by atoms with Gasteiger partial charge in [0, 0.05) is 0 Å². The fourth-order valence-corrected chi connectivity index (χ4v) is 2.43. The standard InChI is InChI=1S/C13H18O2.2C4H3FN2O2.HNO2.2H3N.Pt/c1-9(2)8-11-4-6-12(7-5-11)10(3)13(14)15;2*5-2-1-3(8)7-4(9)6-2;2-1-3;;;/h4-7,9-10H,8H2,1-3H3,(H,14,15);2*1H,(H2,6,7,8,9);(H,2,3);2*1H3;/q;;;;;;+4. The van der Waals surface area contributed by atoms with Crippen molar-refractivity contribution in [3.05, 3.63) is 106 Å². The van der Waals surface area contributed by atoms with Crippen molar-refractivity contribution in [1.29, 1.82) is 0 Å². The number of H-pyrrole nitrogens is 4. The third kappa shape index (κ3) is 19.7. The molecule has 12 N–H and O–H groups in total. The first-order valence-corrected chi connectivity index (χ1v) is 10.1. The number of benzene rings is 1. The van der Waals surface area contributed by atoms with E-state index in [-0.39, 0.29) is 33.4 Å². The number of hydrogen-bond acceptors (Lipinski definition) is 9. The number of aromatic amines is 4. The number of rotatable bonds is 4. The minimum Gasteiger partial charge on any atom is -0.481 e. The summed E-state index contributed by atoms with van der Waals surface area (Å²) in [5, 5.41) is 16.7. The SMILES string of the molecule is CC(C)Cc1ccc(C(C)C(=O)O)cc1.N.N.O=NO.O=c1cc(F)[nH]c(=O)[nH]1.O=c1cc(F)[nH]c(=O)[nH]1.[Pt+4]. The third-order valence-corrected chi connectivity index (χ3v) is 3.95. The van der Waals surface area contributed by atoms with Crippen LogP contribution in [0.3, 0.4) is 0 Å². The Labute approximate surface area is 233 Å². The molecule has 0 radical (unpaired) electrons. The predicted octanol–water partition coefficient (Wildman–Crippen LogP) is 1.94. The molecule has 1 unspecified atom stereocenters. The first-order chi connectivity index (χ1) is 16.8. The van der Waals surface area contributed by atoms with Crippen molar-refractivity contribution in [3.8, 4) is 0 Å². The van der Waals surface area contributed by atoms with Gasteiger partial charge in [0.1, 0.15) is 0 Å². The van der Waals surface area contributed by atoms with Crippen LogP contribution in [0.1, 0.15) is 37.8 Å². The number of aromatic nitrogens is 4. The van der Waals surface area contributed by atoms with E-state index in [0.29, 0.717) is 18.1 Å². The number of carboxylic acids is 1. The summed E-state index contributed by atoms with van der Waals surface area (Å²) in [5.41, 5.74) is -1.01. The molecule has 18 heteroatoms. The second-order valence-corrected chi connectivity index (χ2v) is 7.35. The van der Waals surface area contributed by atoms with Gasteiger partial charge in [-0.25, -0.2) is 9.59 Å². The second-order valence-electron chi connectivity index (χ2n) is 7.35. The second kappa shape index (κ2) is 22.0. The van der Waals surface area contributed by atoms with Gasteiger partial charge >= 0.3 is 38.4 Å². The minimum absolute atomic E-state index is 0. The van der Waals surface area contributed by atoms with Crippen molar-refractivity contribution in [2.75, 3.05) is 0 Å². The summed E-state index contributed by atoms with van der Waals surface area (Å²) in [4.78, 5) is 66.7. The molecule has 3 aromatic rings. The van der Waals surface area contributed by atoms with E-state index < -0.39 is 46.3 Å². The van der Waals surface area contributed by atoms with Crippen LogP contribution in [-0.2, 0) is 32.3 Å². The Kier molecular flexibility index (Phi) is 23.7. The van der Waals surface area contributed by atoms with E-state index >= 15 is 0 Å². The fourth-order valence-electron chi connectivity index (χ4n) is 2.43. The Hall–Kier alpha value is -4.08. The van der Waals surface area contributed by atoms with Gasteiger partial charge in [0.2, 0.25) is 11.9 Å². The van der Waals surface area contributed by atoms with Crippen LogP contribution in [0.5, 0.6) is 0 Å². The molecule has 0 amide bonds. The van der Waals surface area contributed by atoms with Crippen LogP contribution in [0.2, 0.25) is 0 Å². The van der Waals surface area contributed by atoms with E-state index in [0.717, 1.165) is 12.0 Å². The Morgan fingerprint density at radius 1 is 0.846 bits per heavy atom. The van der Waals surface area contributed by atoms with E-state index in [1.807, 2.05) is 24.3 Å². The van der Waals surface area contributed by atoms with Crippen LogP contribution in [0.4, 0.5) is 8.78 Å². The molecule has 0 spiro atoms. The molecule has 0 aliphatic carbocycles. The Bertz CT molecular complexity index is 1220. The summed E-state index contributed by atoms with van der Waals surface area (Å²) in [5.74, 6) is -2.41. The maximum Gasteiger partial charge on any atom is 4.00 e. The van der Waals surface area contributed by atoms with Crippen molar-refractivity contribution < 1.29 is 45.0 Å². The first kappa shape index (κ1) is 42.0. The molecule has 0 aliphatic heterocycles. The number of hydrogen-bond donors (Lipinski definition) is 8. The van der Waals surface area contributed by atoms with Gasteiger partial charge in [-0.05, 0) is 30.4 Å². The molecule has 0 aliphatic rings. The summed E-state index contributed by atoms with van der Waals surface area (Å²) in [6.07, 6.45) is 1.04. The molecule has 15 nitrogen and oxygen atoms in total. The van der Waals surface area contributed by atoms with E-state index in [2.05, 4.69) is 13.8 Å². The van der Waals surface area contributed by atoms with Gasteiger partial charge in [-0.15, -0.1) is 4.91 Å². The number of nitrogens with one attached hydrogen (secondary N) is 4. The topological polar surface area (TPSA) is 288 Å². The largest absolute Gasteiger partial charge is 4.00 e. The quantitative estimate of drug-likeness (QED) is 0.109. The number of nitrogens with zero attached hydrogens (tertiary/aromatic N) is 1. The zero-order chi connectivity index (χ0) is 27.8. The number of halogens is 2. The number of carbonyl (C=O) groups is 1.